The maximum absolute atomic E-state index is 12.4. The first kappa shape index (κ1) is 20.5. The largest absolute Gasteiger partial charge is 0.496 e. The van der Waals surface area contributed by atoms with Crippen LogP contribution in [0.3, 0.4) is 0 Å². The van der Waals surface area contributed by atoms with E-state index < -0.39 is 0 Å². The van der Waals surface area contributed by atoms with E-state index in [1.165, 1.54) is 0 Å². The van der Waals surface area contributed by atoms with Crippen molar-refractivity contribution in [2.45, 2.75) is 52.4 Å². The fraction of sp³-hybridized carbons (Fsp3) is 0.650. The van der Waals surface area contributed by atoms with E-state index in [0.717, 1.165) is 50.3 Å². The Labute approximate surface area is 147 Å². The van der Waals surface area contributed by atoms with E-state index in [4.69, 9.17) is 4.74 Å². The lowest BCUT2D eigenvalue weighted by molar-refractivity contribution is -0.122. The van der Waals surface area contributed by atoms with E-state index in [1.807, 2.05) is 18.2 Å². The number of nitrogens with one attached hydrogen (secondary N) is 1. The highest BCUT2D eigenvalue weighted by atomic mass is 16.5. The molecule has 1 rings (SSSR count). The standard InChI is InChI=1S/C20H34N2O2/c1-6-20(4,17-12-9-10-13-18(17)24-5)16-19(23)21-14-11-15-22(7-2)8-3/h9-10,12-13H,6-8,11,14-16H2,1-5H3,(H,21,23)/t20-/m1/s1. The van der Waals surface area contributed by atoms with Gasteiger partial charge in [0.2, 0.25) is 5.91 Å². The molecule has 1 N–H and O–H groups in total. The molecule has 0 bridgehead atoms. The van der Waals surface area contributed by atoms with Crippen LogP contribution in [0.4, 0.5) is 0 Å². The summed E-state index contributed by atoms with van der Waals surface area (Å²) in [5.41, 5.74) is 0.892. The number of nitrogens with zero attached hydrogens (tertiary/aromatic N) is 1. The Morgan fingerprint density at radius 3 is 2.46 bits per heavy atom. The van der Waals surface area contributed by atoms with Crippen molar-refractivity contribution in [3.8, 4) is 5.75 Å². The van der Waals surface area contributed by atoms with E-state index in [2.05, 4.69) is 44.0 Å². The fourth-order valence-electron chi connectivity index (χ4n) is 3.04. The van der Waals surface area contributed by atoms with Crippen LogP contribution in [-0.4, -0.2) is 44.1 Å². The summed E-state index contributed by atoms with van der Waals surface area (Å²) in [7, 11) is 1.68. The van der Waals surface area contributed by atoms with Crippen molar-refractivity contribution in [3.63, 3.8) is 0 Å². The summed E-state index contributed by atoms with van der Waals surface area (Å²) in [5.74, 6) is 0.973. The Hall–Kier alpha value is -1.55. The lowest BCUT2D eigenvalue weighted by Crippen LogP contribution is -2.34. The first-order chi connectivity index (χ1) is 11.5. The molecule has 136 valence electrons. The zero-order chi connectivity index (χ0) is 18.0. The zero-order valence-electron chi connectivity index (χ0n) is 16.0. The van der Waals surface area contributed by atoms with Crippen molar-refractivity contribution in [2.24, 2.45) is 0 Å². The molecular formula is C20H34N2O2. The minimum atomic E-state index is -0.213. The van der Waals surface area contributed by atoms with Crippen LogP contribution < -0.4 is 10.1 Å². The van der Waals surface area contributed by atoms with Crippen LogP contribution in [0.2, 0.25) is 0 Å². The van der Waals surface area contributed by atoms with Gasteiger partial charge in [-0.3, -0.25) is 4.79 Å². The van der Waals surface area contributed by atoms with Crippen LogP contribution in [0.1, 0.15) is 52.5 Å². The molecule has 1 aromatic carbocycles. The van der Waals surface area contributed by atoms with Crippen molar-refractivity contribution in [1.29, 1.82) is 0 Å². The molecule has 0 heterocycles. The molecule has 1 atom stereocenters. The second-order valence-corrected chi connectivity index (χ2v) is 6.52. The molecular weight excluding hydrogens is 300 g/mol. The minimum Gasteiger partial charge on any atom is -0.496 e. The molecule has 0 aromatic heterocycles. The van der Waals surface area contributed by atoms with Gasteiger partial charge in [0.25, 0.3) is 0 Å². The summed E-state index contributed by atoms with van der Waals surface area (Å²) < 4.78 is 5.49. The van der Waals surface area contributed by atoms with Crippen LogP contribution in [0.25, 0.3) is 0 Å². The minimum absolute atomic E-state index is 0.116. The fourth-order valence-corrected chi connectivity index (χ4v) is 3.04. The van der Waals surface area contributed by atoms with Gasteiger partial charge in [-0.15, -0.1) is 0 Å². The lowest BCUT2D eigenvalue weighted by atomic mass is 9.76. The van der Waals surface area contributed by atoms with Gasteiger partial charge in [0.1, 0.15) is 5.75 Å². The summed E-state index contributed by atoms with van der Waals surface area (Å²) in [6, 6.07) is 8.00. The van der Waals surface area contributed by atoms with E-state index in [9.17, 15) is 4.79 Å². The van der Waals surface area contributed by atoms with Crippen molar-refractivity contribution >= 4 is 5.91 Å². The summed E-state index contributed by atoms with van der Waals surface area (Å²) in [6.07, 6.45) is 2.36. The topological polar surface area (TPSA) is 41.6 Å². The highest BCUT2D eigenvalue weighted by molar-refractivity contribution is 5.77. The Kier molecular flexibility index (Phi) is 8.83. The monoisotopic (exact) mass is 334 g/mol. The van der Waals surface area contributed by atoms with Crippen LogP contribution in [0.5, 0.6) is 5.75 Å². The van der Waals surface area contributed by atoms with Crippen molar-refractivity contribution < 1.29 is 9.53 Å². The van der Waals surface area contributed by atoms with Crippen LogP contribution in [-0.2, 0) is 10.2 Å². The van der Waals surface area contributed by atoms with Crippen LogP contribution in [0, 0.1) is 0 Å². The third-order valence-corrected chi connectivity index (χ3v) is 4.96. The first-order valence-corrected chi connectivity index (χ1v) is 9.13. The molecule has 0 aliphatic heterocycles. The quantitative estimate of drug-likeness (QED) is 0.629. The van der Waals surface area contributed by atoms with Gasteiger partial charge in [0.05, 0.1) is 7.11 Å². The van der Waals surface area contributed by atoms with E-state index >= 15 is 0 Å². The lowest BCUT2D eigenvalue weighted by Gasteiger charge is -2.30. The number of benzene rings is 1. The summed E-state index contributed by atoms with van der Waals surface area (Å²) >= 11 is 0. The predicted octanol–water partition coefficient (Wildman–Crippen LogP) is 3.60. The van der Waals surface area contributed by atoms with Gasteiger partial charge in [-0.1, -0.05) is 45.9 Å². The average molecular weight is 335 g/mol. The van der Waals surface area contributed by atoms with Gasteiger partial charge in [0.15, 0.2) is 0 Å². The van der Waals surface area contributed by atoms with Gasteiger partial charge in [-0.05, 0) is 38.5 Å². The second kappa shape index (κ2) is 10.3. The zero-order valence-corrected chi connectivity index (χ0v) is 16.0. The molecule has 0 unspecified atom stereocenters. The first-order valence-electron chi connectivity index (χ1n) is 9.13. The van der Waals surface area contributed by atoms with Gasteiger partial charge in [0, 0.05) is 23.9 Å². The number of ether oxygens (including phenoxy) is 1. The molecule has 1 aromatic rings. The molecule has 0 fully saturated rings. The number of carbonyl (C=O) groups is 1. The number of amides is 1. The molecule has 1 amide bonds. The summed E-state index contributed by atoms with van der Waals surface area (Å²) in [6.45, 7) is 12.5. The highest BCUT2D eigenvalue weighted by Crippen LogP contribution is 2.37. The van der Waals surface area contributed by atoms with Crippen molar-refractivity contribution in [3.05, 3.63) is 29.8 Å². The molecule has 4 heteroatoms. The smallest absolute Gasteiger partial charge is 0.220 e. The molecule has 4 nitrogen and oxygen atoms in total. The predicted molar refractivity (Wildman–Crippen MR) is 101 cm³/mol. The molecule has 0 saturated carbocycles. The number of para-hydroxylation sites is 1. The Morgan fingerprint density at radius 1 is 1.21 bits per heavy atom. The molecule has 0 saturated heterocycles. The number of rotatable bonds is 11. The van der Waals surface area contributed by atoms with Gasteiger partial charge in [-0.25, -0.2) is 0 Å². The molecule has 0 aliphatic rings. The number of carbonyl (C=O) groups excluding carboxylic acids is 1. The number of hydrogen-bond donors (Lipinski definition) is 1. The van der Waals surface area contributed by atoms with Crippen LogP contribution in [0.15, 0.2) is 24.3 Å². The van der Waals surface area contributed by atoms with Gasteiger partial charge >= 0.3 is 0 Å². The Bertz CT molecular complexity index is 500. The van der Waals surface area contributed by atoms with Crippen molar-refractivity contribution in [2.75, 3.05) is 33.3 Å². The molecule has 24 heavy (non-hydrogen) atoms. The normalized spacial score (nSPS) is 13.6. The molecule has 0 aliphatic carbocycles. The average Bonchev–Trinajstić information content (AvgIpc) is 2.61. The maximum Gasteiger partial charge on any atom is 0.220 e. The Morgan fingerprint density at radius 2 is 1.88 bits per heavy atom. The van der Waals surface area contributed by atoms with Crippen molar-refractivity contribution in [1.82, 2.24) is 10.2 Å². The highest BCUT2D eigenvalue weighted by Gasteiger charge is 2.30. The third kappa shape index (κ3) is 5.82. The Balaban J connectivity index is 2.59. The SMILES string of the molecule is CCN(CC)CCCNC(=O)C[C@@](C)(CC)c1ccccc1OC. The molecule has 0 radical (unpaired) electrons. The van der Waals surface area contributed by atoms with Gasteiger partial charge in [-0.2, -0.15) is 0 Å². The van der Waals surface area contributed by atoms with Crippen LogP contribution >= 0.6 is 0 Å². The van der Waals surface area contributed by atoms with E-state index in [-0.39, 0.29) is 11.3 Å². The third-order valence-electron chi connectivity index (χ3n) is 4.96. The maximum atomic E-state index is 12.4. The second-order valence-electron chi connectivity index (χ2n) is 6.52. The summed E-state index contributed by atoms with van der Waals surface area (Å²) in [5, 5.41) is 3.08. The number of hydrogen-bond acceptors (Lipinski definition) is 3. The van der Waals surface area contributed by atoms with Gasteiger partial charge < -0.3 is 15.0 Å². The molecule has 0 spiro atoms. The number of methoxy groups -OCH3 is 1. The van der Waals surface area contributed by atoms with E-state index in [1.54, 1.807) is 7.11 Å². The summed E-state index contributed by atoms with van der Waals surface area (Å²) in [4.78, 5) is 14.8. The van der Waals surface area contributed by atoms with E-state index in [0.29, 0.717) is 6.42 Å².